The van der Waals surface area contributed by atoms with E-state index in [9.17, 15) is 4.79 Å². The summed E-state index contributed by atoms with van der Waals surface area (Å²) in [4.78, 5) is 19.0. The van der Waals surface area contributed by atoms with Gasteiger partial charge in [-0.2, -0.15) is 0 Å². The number of carboxylic acids is 1. The molecule has 0 amide bonds. The molecule has 0 saturated carbocycles. The van der Waals surface area contributed by atoms with E-state index in [0.29, 0.717) is 5.69 Å². The van der Waals surface area contributed by atoms with Gasteiger partial charge >= 0.3 is 5.97 Å². The van der Waals surface area contributed by atoms with Crippen molar-refractivity contribution in [1.82, 2.24) is 14.5 Å². The fourth-order valence-electron chi connectivity index (χ4n) is 1.71. The summed E-state index contributed by atoms with van der Waals surface area (Å²) in [5, 5.41) is 8.80. The van der Waals surface area contributed by atoms with E-state index in [1.807, 2.05) is 30.7 Å². The standard InChI is InChI=1S/C12H13N3O2/c1-8-10(7-11(16)17)14-12(15(8)2)9-3-5-13-6-4-9/h3-6H,7H2,1-2H3,(H,16,17). The van der Waals surface area contributed by atoms with Crippen LogP contribution >= 0.6 is 0 Å². The van der Waals surface area contributed by atoms with Gasteiger partial charge in [-0.3, -0.25) is 9.78 Å². The molecule has 2 aromatic rings. The molecular formula is C12H13N3O2. The highest BCUT2D eigenvalue weighted by molar-refractivity contribution is 5.70. The van der Waals surface area contributed by atoms with Crippen LogP contribution in [0, 0.1) is 6.92 Å². The molecule has 0 aliphatic rings. The molecule has 2 aromatic heterocycles. The molecule has 0 unspecified atom stereocenters. The Morgan fingerprint density at radius 3 is 2.65 bits per heavy atom. The van der Waals surface area contributed by atoms with Gasteiger partial charge in [-0.1, -0.05) is 0 Å². The number of hydrogen-bond acceptors (Lipinski definition) is 3. The molecule has 17 heavy (non-hydrogen) atoms. The van der Waals surface area contributed by atoms with Crippen molar-refractivity contribution < 1.29 is 9.90 Å². The molecule has 1 N–H and O–H groups in total. The van der Waals surface area contributed by atoms with Crippen LogP contribution in [0.2, 0.25) is 0 Å². The van der Waals surface area contributed by atoms with Crippen LogP contribution in [0.25, 0.3) is 11.4 Å². The second kappa shape index (κ2) is 4.37. The second-order valence-electron chi connectivity index (χ2n) is 3.83. The third kappa shape index (κ3) is 2.18. The Balaban J connectivity index is 2.46. The number of aromatic nitrogens is 3. The number of nitrogens with zero attached hydrogens (tertiary/aromatic N) is 3. The summed E-state index contributed by atoms with van der Waals surface area (Å²) in [5.41, 5.74) is 2.41. The summed E-state index contributed by atoms with van der Waals surface area (Å²) in [5.74, 6) is -0.103. The minimum Gasteiger partial charge on any atom is -0.481 e. The summed E-state index contributed by atoms with van der Waals surface area (Å²) in [6.45, 7) is 1.87. The van der Waals surface area contributed by atoms with Gasteiger partial charge in [-0.15, -0.1) is 0 Å². The first-order valence-electron chi connectivity index (χ1n) is 5.24. The first-order valence-corrected chi connectivity index (χ1v) is 5.24. The number of imidazole rings is 1. The van der Waals surface area contributed by atoms with E-state index in [2.05, 4.69) is 9.97 Å². The predicted molar refractivity (Wildman–Crippen MR) is 62.5 cm³/mol. The Morgan fingerprint density at radius 2 is 2.06 bits per heavy atom. The first-order chi connectivity index (χ1) is 8.09. The number of carbonyl (C=O) groups is 1. The summed E-state index contributed by atoms with van der Waals surface area (Å²) < 4.78 is 1.90. The molecule has 0 spiro atoms. The van der Waals surface area contributed by atoms with E-state index >= 15 is 0 Å². The smallest absolute Gasteiger partial charge is 0.309 e. The zero-order valence-corrected chi connectivity index (χ0v) is 9.71. The molecule has 0 fully saturated rings. The lowest BCUT2D eigenvalue weighted by molar-refractivity contribution is -0.136. The molecule has 5 nitrogen and oxygen atoms in total. The number of pyridine rings is 1. The van der Waals surface area contributed by atoms with Crippen molar-refractivity contribution >= 4 is 5.97 Å². The molecule has 0 aromatic carbocycles. The minimum absolute atomic E-state index is 0.0508. The van der Waals surface area contributed by atoms with Gasteiger partial charge < -0.3 is 9.67 Å². The van der Waals surface area contributed by atoms with Crippen LogP contribution in [-0.2, 0) is 18.3 Å². The highest BCUT2D eigenvalue weighted by Gasteiger charge is 2.14. The number of rotatable bonds is 3. The lowest BCUT2D eigenvalue weighted by Gasteiger charge is -2.02. The largest absolute Gasteiger partial charge is 0.481 e. The topological polar surface area (TPSA) is 68.0 Å². The van der Waals surface area contributed by atoms with Crippen LogP contribution in [-0.4, -0.2) is 25.6 Å². The van der Waals surface area contributed by atoms with Gasteiger partial charge in [0.25, 0.3) is 0 Å². The Labute approximate surface area is 98.8 Å². The molecule has 0 aliphatic carbocycles. The predicted octanol–water partition coefficient (Wildman–Crippen LogP) is 1.42. The maximum absolute atomic E-state index is 10.7. The lowest BCUT2D eigenvalue weighted by Crippen LogP contribution is -2.02. The summed E-state index contributed by atoms with van der Waals surface area (Å²) in [6.07, 6.45) is 3.33. The van der Waals surface area contributed by atoms with Crippen molar-refractivity contribution in [2.45, 2.75) is 13.3 Å². The van der Waals surface area contributed by atoms with Crippen LogP contribution < -0.4 is 0 Å². The number of hydrogen-bond donors (Lipinski definition) is 1. The van der Waals surface area contributed by atoms with Crippen LogP contribution in [0.4, 0.5) is 0 Å². The van der Waals surface area contributed by atoms with Gasteiger partial charge in [-0.05, 0) is 19.1 Å². The molecule has 5 heteroatoms. The van der Waals surface area contributed by atoms with Crippen molar-refractivity contribution in [2.75, 3.05) is 0 Å². The van der Waals surface area contributed by atoms with Gasteiger partial charge in [0.2, 0.25) is 0 Å². The highest BCUT2D eigenvalue weighted by Crippen LogP contribution is 2.20. The fraction of sp³-hybridized carbons (Fsp3) is 0.250. The molecule has 0 saturated heterocycles. The monoisotopic (exact) mass is 231 g/mol. The molecule has 0 aliphatic heterocycles. The molecular weight excluding hydrogens is 218 g/mol. The van der Waals surface area contributed by atoms with E-state index in [1.165, 1.54) is 0 Å². The van der Waals surface area contributed by atoms with E-state index in [1.54, 1.807) is 12.4 Å². The van der Waals surface area contributed by atoms with E-state index < -0.39 is 5.97 Å². The van der Waals surface area contributed by atoms with Crippen molar-refractivity contribution in [2.24, 2.45) is 7.05 Å². The lowest BCUT2D eigenvalue weighted by atomic mass is 10.2. The Morgan fingerprint density at radius 1 is 1.41 bits per heavy atom. The fourth-order valence-corrected chi connectivity index (χ4v) is 1.71. The molecule has 0 bridgehead atoms. The van der Waals surface area contributed by atoms with Crippen LogP contribution in [0.1, 0.15) is 11.4 Å². The molecule has 0 radical (unpaired) electrons. The molecule has 2 rings (SSSR count). The van der Waals surface area contributed by atoms with E-state index in [-0.39, 0.29) is 6.42 Å². The third-order valence-electron chi connectivity index (χ3n) is 2.74. The van der Waals surface area contributed by atoms with Gasteiger partial charge in [0.1, 0.15) is 5.82 Å². The Hall–Kier alpha value is -2.17. The van der Waals surface area contributed by atoms with Crippen LogP contribution in [0.3, 0.4) is 0 Å². The van der Waals surface area contributed by atoms with Gasteiger partial charge in [-0.25, -0.2) is 4.98 Å². The van der Waals surface area contributed by atoms with Crippen LogP contribution in [0.5, 0.6) is 0 Å². The molecule has 2 heterocycles. The number of aliphatic carboxylic acids is 1. The van der Waals surface area contributed by atoms with Gasteiger partial charge in [0.15, 0.2) is 0 Å². The second-order valence-corrected chi connectivity index (χ2v) is 3.83. The zero-order chi connectivity index (χ0) is 12.4. The first kappa shape index (κ1) is 11.3. The van der Waals surface area contributed by atoms with Crippen molar-refractivity contribution in [3.8, 4) is 11.4 Å². The van der Waals surface area contributed by atoms with E-state index in [4.69, 9.17) is 5.11 Å². The maximum Gasteiger partial charge on any atom is 0.309 e. The van der Waals surface area contributed by atoms with Crippen molar-refractivity contribution in [3.63, 3.8) is 0 Å². The molecule has 0 atom stereocenters. The Kier molecular flexibility index (Phi) is 2.91. The SMILES string of the molecule is Cc1c(CC(=O)O)nc(-c2ccncc2)n1C. The molecule has 88 valence electrons. The minimum atomic E-state index is -0.868. The summed E-state index contributed by atoms with van der Waals surface area (Å²) in [7, 11) is 1.88. The summed E-state index contributed by atoms with van der Waals surface area (Å²) in [6, 6.07) is 3.71. The van der Waals surface area contributed by atoms with Gasteiger partial charge in [0.05, 0.1) is 12.1 Å². The van der Waals surface area contributed by atoms with Crippen LogP contribution in [0.15, 0.2) is 24.5 Å². The Bertz CT molecular complexity index is 546. The zero-order valence-electron chi connectivity index (χ0n) is 9.71. The highest BCUT2D eigenvalue weighted by atomic mass is 16.4. The number of carboxylic acid groups (broad SMARTS) is 1. The average Bonchev–Trinajstić information content (AvgIpc) is 2.58. The quantitative estimate of drug-likeness (QED) is 0.867. The van der Waals surface area contributed by atoms with E-state index in [0.717, 1.165) is 17.1 Å². The third-order valence-corrected chi connectivity index (χ3v) is 2.74. The summed E-state index contributed by atoms with van der Waals surface area (Å²) >= 11 is 0. The van der Waals surface area contributed by atoms with Gasteiger partial charge in [0, 0.05) is 30.7 Å². The van der Waals surface area contributed by atoms with Crippen molar-refractivity contribution in [1.29, 1.82) is 0 Å². The average molecular weight is 231 g/mol. The maximum atomic E-state index is 10.7. The normalized spacial score (nSPS) is 10.5. The van der Waals surface area contributed by atoms with Crippen molar-refractivity contribution in [3.05, 3.63) is 35.9 Å².